The van der Waals surface area contributed by atoms with Crippen molar-refractivity contribution in [2.45, 2.75) is 75.8 Å². The second-order valence-corrected chi connectivity index (χ2v) is 8.91. The molecule has 7 nitrogen and oxygen atoms in total. The van der Waals surface area contributed by atoms with Crippen molar-refractivity contribution in [2.75, 3.05) is 24.6 Å². The van der Waals surface area contributed by atoms with Gasteiger partial charge in [0.2, 0.25) is 0 Å². The third kappa shape index (κ3) is 3.58. The molecule has 1 aromatic rings. The number of hydrogen-bond donors (Lipinski definition) is 2. The third-order valence-corrected chi connectivity index (χ3v) is 6.54. The molecule has 1 aromatic heterocycles. The molecule has 4 atom stereocenters. The number of morpholine rings is 1. The van der Waals surface area contributed by atoms with Crippen molar-refractivity contribution in [3.8, 4) is 0 Å². The van der Waals surface area contributed by atoms with Crippen LogP contribution in [-0.4, -0.2) is 53.5 Å². The quantitative estimate of drug-likeness (QED) is 0.836. The Kier molecular flexibility index (Phi) is 4.58. The number of nitrogens with one attached hydrogen (secondary N) is 2. The van der Waals surface area contributed by atoms with Gasteiger partial charge < -0.3 is 14.4 Å². The lowest BCUT2D eigenvalue weighted by molar-refractivity contribution is -0.0276. The van der Waals surface area contributed by atoms with Crippen molar-refractivity contribution in [3.63, 3.8) is 0 Å². The fraction of sp³-hybridized carbons (Fsp3) is 0.800. The molecule has 7 heteroatoms. The van der Waals surface area contributed by atoms with Crippen LogP contribution in [0.5, 0.6) is 0 Å². The first-order chi connectivity index (χ1) is 13.1. The predicted octanol–water partition coefficient (Wildman–Crippen LogP) is 1.96. The molecule has 2 saturated carbocycles. The van der Waals surface area contributed by atoms with Crippen LogP contribution in [0.3, 0.4) is 0 Å². The Morgan fingerprint density at radius 2 is 2.15 bits per heavy atom. The van der Waals surface area contributed by atoms with E-state index >= 15 is 0 Å². The van der Waals surface area contributed by atoms with Gasteiger partial charge in [0.05, 0.1) is 36.2 Å². The van der Waals surface area contributed by atoms with Gasteiger partial charge >= 0.3 is 0 Å². The van der Waals surface area contributed by atoms with Gasteiger partial charge in [0.15, 0.2) is 0 Å². The highest BCUT2D eigenvalue weighted by atomic mass is 16.5. The predicted molar refractivity (Wildman–Crippen MR) is 102 cm³/mol. The second-order valence-electron chi connectivity index (χ2n) is 8.91. The fourth-order valence-corrected chi connectivity index (χ4v) is 5.01. The largest absolute Gasteiger partial charge is 0.376 e. The Morgan fingerprint density at radius 3 is 2.96 bits per heavy atom. The first-order valence-corrected chi connectivity index (χ1v) is 10.5. The highest BCUT2D eigenvalue weighted by Gasteiger charge is 2.48. The van der Waals surface area contributed by atoms with Gasteiger partial charge in [-0.25, -0.2) is 15.4 Å². The van der Waals surface area contributed by atoms with Crippen LogP contribution in [0.25, 0.3) is 0 Å². The maximum atomic E-state index is 6.12. The van der Waals surface area contributed by atoms with Crippen molar-refractivity contribution < 1.29 is 9.47 Å². The molecule has 2 N–H and O–H groups in total. The molecule has 0 aromatic carbocycles. The summed E-state index contributed by atoms with van der Waals surface area (Å²) >= 11 is 0. The monoisotopic (exact) mass is 373 g/mol. The Hall–Kier alpha value is -1.28. The minimum atomic E-state index is 0.104. The molecule has 0 amide bonds. The van der Waals surface area contributed by atoms with Crippen LogP contribution >= 0.6 is 0 Å². The Morgan fingerprint density at radius 1 is 1.26 bits per heavy atom. The Balaban J connectivity index is 1.32. The maximum Gasteiger partial charge on any atom is 0.132 e. The summed E-state index contributed by atoms with van der Waals surface area (Å²) in [6.07, 6.45) is 8.07. The van der Waals surface area contributed by atoms with E-state index in [1.807, 2.05) is 0 Å². The van der Waals surface area contributed by atoms with Gasteiger partial charge in [-0.2, -0.15) is 0 Å². The van der Waals surface area contributed by atoms with E-state index in [-0.39, 0.29) is 17.7 Å². The van der Waals surface area contributed by atoms with Crippen LogP contribution in [0, 0.1) is 5.92 Å². The fourth-order valence-electron chi connectivity index (χ4n) is 5.01. The summed E-state index contributed by atoms with van der Waals surface area (Å²) in [5, 5.41) is 0. The molecule has 0 radical (unpaired) electrons. The molecule has 4 aliphatic rings. The molecule has 2 aliphatic heterocycles. The van der Waals surface area contributed by atoms with Crippen molar-refractivity contribution in [1.29, 1.82) is 0 Å². The van der Waals surface area contributed by atoms with E-state index in [0.717, 1.165) is 50.5 Å². The zero-order valence-corrected chi connectivity index (χ0v) is 16.4. The third-order valence-electron chi connectivity index (χ3n) is 6.54. The van der Waals surface area contributed by atoms with Crippen LogP contribution in [0.4, 0.5) is 5.82 Å². The van der Waals surface area contributed by atoms with Crippen LogP contribution in [0.15, 0.2) is 12.4 Å². The van der Waals surface area contributed by atoms with Crippen LogP contribution in [0.1, 0.15) is 57.7 Å². The molecule has 2 saturated heterocycles. The number of aromatic nitrogens is 2. The van der Waals surface area contributed by atoms with Crippen LogP contribution in [0.2, 0.25) is 0 Å². The second kappa shape index (κ2) is 6.95. The first-order valence-electron chi connectivity index (χ1n) is 10.5. The summed E-state index contributed by atoms with van der Waals surface area (Å²) in [5.41, 5.74) is 8.20. The van der Waals surface area contributed by atoms with Gasteiger partial charge in [0.1, 0.15) is 12.1 Å². The summed E-state index contributed by atoms with van der Waals surface area (Å²) in [4.78, 5) is 11.6. The highest BCUT2D eigenvalue weighted by molar-refractivity contribution is 5.42. The number of rotatable bonds is 4. The summed E-state index contributed by atoms with van der Waals surface area (Å²) in [7, 11) is 0. The van der Waals surface area contributed by atoms with E-state index < -0.39 is 0 Å². The molecule has 2 aliphatic carbocycles. The van der Waals surface area contributed by atoms with E-state index in [0.29, 0.717) is 18.1 Å². The molecular formula is C20H31N5O2. The summed E-state index contributed by atoms with van der Waals surface area (Å²) < 4.78 is 12.1. The molecule has 148 valence electrons. The lowest BCUT2D eigenvalue weighted by Gasteiger charge is -2.35. The van der Waals surface area contributed by atoms with Crippen molar-refractivity contribution in [2.24, 2.45) is 5.92 Å². The molecule has 0 bridgehead atoms. The van der Waals surface area contributed by atoms with Crippen LogP contribution in [-0.2, 0) is 9.47 Å². The first kappa shape index (κ1) is 17.8. The summed E-state index contributed by atoms with van der Waals surface area (Å²) in [5.74, 6) is 1.54. The van der Waals surface area contributed by atoms with E-state index in [1.165, 1.54) is 12.8 Å². The van der Waals surface area contributed by atoms with Crippen molar-refractivity contribution >= 4 is 5.82 Å². The van der Waals surface area contributed by atoms with E-state index in [4.69, 9.17) is 9.47 Å². The normalized spacial score (nSPS) is 34.9. The number of hydrogen-bond acceptors (Lipinski definition) is 7. The van der Waals surface area contributed by atoms with E-state index in [2.05, 4.69) is 45.6 Å². The Labute approximate surface area is 161 Å². The summed E-state index contributed by atoms with van der Waals surface area (Å²) in [6.45, 7) is 6.91. The van der Waals surface area contributed by atoms with Gasteiger partial charge in [-0.15, -0.1) is 0 Å². The lowest BCUT2D eigenvalue weighted by atomic mass is 9.79. The average molecular weight is 374 g/mol. The minimum absolute atomic E-state index is 0.104. The number of fused-ring (bicyclic) bond motifs is 1. The Bertz CT molecular complexity index is 680. The van der Waals surface area contributed by atoms with Crippen molar-refractivity contribution in [3.05, 3.63) is 18.1 Å². The van der Waals surface area contributed by atoms with Gasteiger partial charge in [0.25, 0.3) is 0 Å². The smallest absolute Gasteiger partial charge is 0.132 e. The zero-order chi connectivity index (χ0) is 18.4. The van der Waals surface area contributed by atoms with Crippen molar-refractivity contribution in [1.82, 2.24) is 20.8 Å². The number of nitrogens with zero attached hydrogens (tertiary/aromatic N) is 3. The van der Waals surface area contributed by atoms with Crippen LogP contribution < -0.4 is 15.8 Å². The average Bonchev–Trinajstić information content (AvgIpc) is 3.27. The molecular weight excluding hydrogens is 342 g/mol. The van der Waals surface area contributed by atoms with E-state index in [1.54, 1.807) is 6.33 Å². The molecule has 4 unspecified atom stereocenters. The highest BCUT2D eigenvalue weighted by Crippen LogP contribution is 2.43. The molecule has 3 heterocycles. The SMILES string of the molecule is CC(C)OC1CCC2NNC(c3cc(N4CCOC5(CC5)C4)ncn3)C2C1. The molecule has 5 rings (SSSR count). The number of hydrazine groups is 1. The van der Waals surface area contributed by atoms with Gasteiger partial charge in [-0.1, -0.05) is 0 Å². The molecule has 4 fully saturated rings. The topological polar surface area (TPSA) is 71.5 Å². The number of anilines is 1. The molecule has 27 heavy (non-hydrogen) atoms. The van der Waals surface area contributed by atoms with E-state index in [9.17, 15) is 0 Å². The standard InChI is InChI=1S/C20H31N5O2/c1-13(2)27-14-3-4-16-15(9-14)19(24-23-16)17-10-18(22-12-21-17)25-7-8-26-20(11-25)5-6-20/h10,12-16,19,23-24H,3-9,11H2,1-2H3. The maximum absolute atomic E-state index is 6.12. The summed E-state index contributed by atoms with van der Waals surface area (Å²) in [6, 6.07) is 2.89. The number of ether oxygens (including phenoxy) is 2. The van der Waals surface area contributed by atoms with Gasteiger partial charge in [-0.3, -0.25) is 5.43 Å². The van der Waals surface area contributed by atoms with Gasteiger partial charge in [-0.05, 0) is 46.0 Å². The zero-order valence-electron chi connectivity index (χ0n) is 16.4. The van der Waals surface area contributed by atoms with Gasteiger partial charge in [0, 0.05) is 31.1 Å². The molecule has 1 spiro atoms. The minimum Gasteiger partial charge on any atom is -0.376 e. The lowest BCUT2D eigenvalue weighted by Crippen LogP contribution is -2.44.